The number of halogens is 4. The number of nitrogens with zero attached hydrogens (tertiary/aromatic N) is 3. The third-order valence-corrected chi connectivity index (χ3v) is 5.64. The van der Waals surface area contributed by atoms with Gasteiger partial charge >= 0.3 is 6.18 Å². The van der Waals surface area contributed by atoms with Crippen molar-refractivity contribution in [1.29, 1.82) is 0 Å². The van der Waals surface area contributed by atoms with E-state index in [1.165, 1.54) is 0 Å². The van der Waals surface area contributed by atoms with Gasteiger partial charge in [-0.3, -0.25) is 0 Å². The van der Waals surface area contributed by atoms with Crippen LogP contribution >= 0.6 is 0 Å². The summed E-state index contributed by atoms with van der Waals surface area (Å²) in [5.74, 6) is -1.29. The number of aromatic nitrogens is 2. The standard InChI is InChI=1S/C20H22F4N4O/c1-28-7-3-4-12(10-28)25-19-14-6-2-5-13(14)18(26-27-19)17-15(21)8-11(9-16(17)29)20(22,23)24/h8-9,12,29H,2-7,10H2,1H3,(H,25,27)/t12-/m1/s1. The first-order valence-corrected chi connectivity index (χ1v) is 9.67. The van der Waals surface area contributed by atoms with Crippen molar-refractivity contribution in [1.82, 2.24) is 15.1 Å². The lowest BCUT2D eigenvalue weighted by Gasteiger charge is -2.31. The summed E-state index contributed by atoms with van der Waals surface area (Å²) >= 11 is 0. The van der Waals surface area contributed by atoms with Crippen molar-refractivity contribution in [2.75, 3.05) is 25.5 Å². The van der Waals surface area contributed by atoms with Gasteiger partial charge in [0.25, 0.3) is 0 Å². The van der Waals surface area contributed by atoms with Crippen LogP contribution in [0.25, 0.3) is 11.3 Å². The summed E-state index contributed by atoms with van der Waals surface area (Å²) in [7, 11) is 2.06. The number of phenolic OH excluding ortho intramolecular Hbond substituents is 1. The highest BCUT2D eigenvalue weighted by molar-refractivity contribution is 5.74. The summed E-state index contributed by atoms with van der Waals surface area (Å²) in [6.45, 7) is 1.93. The maximum absolute atomic E-state index is 14.6. The molecule has 0 spiro atoms. The molecule has 156 valence electrons. The molecule has 0 bridgehead atoms. The predicted molar refractivity (Wildman–Crippen MR) is 100 cm³/mol. The van der Waals surface area contributed by atoms with Crippen molar-refractivity contribution in [2.24, 2.45) is 0 Å². The van der Waals surface area contributed by atoms with Gasteiger partial charge < -0.3 is 15.3 Å². The number of likely N-dealkylation sites (N-methyl/N-ethyl adjacent to an activating group) is 1. The Morgan fingerprint density at radius 1 is 1.14 bits per heavy atom. The molecule has 1 aromatic carbocycles. The third kappa shape index (κ3) is 3.88. The molecule has 0 radical (unpaired) electrons. The Morgan fingerprint density at radius 3 is 2.59 bits per heavy atom. The Morgan fingerprint density at radius 2 is 1.90 bits per heavy atom. The number of nitrogens with one attached hydrogen (secondary N) is 1. The number of hydrogen-bond acceptors (Lipinski definition) is 5. The van der Waals surface area contributed by atoms with Crippen LogP contribution in [0.5, 0.6) is 5.75 Å². The largest absolute Gasteiger partial charge is 0.507 e. The fraction of sp³-hybridized carbons (Fsp3) is 0.500. The number of likely N-dealkylation sites (tertiary alicyclic amines) is 1. The molecule has 1 aliphatic carbocycles. The van der Waals surface area contributed by atoms with E-state index < -0.39 is 23.3 Å². The lowest BCUT2D eigenvalue weighted by molar-refractivity contribution is -0.137. The molecular weight excluding hydrogens is 388 g/mol. The number of aromatic hydroxyl groups is 1. The van der Waals surface area contributed by atoms with Gasteiger partial charge in [-0.2, -0.15) is 13.2 Å². The number of phenols is 1. The minimum Gasteiger partial charge on any atom is -0.507 e. The molecule has 1 aliphatic heterocycles. The summed E-state index contributed by atoms with van der Waals surface area (Å²) in [5, 5.41) is 21.9. The number of hydrogen-bond donors (Lipinski definition) is 2. The number of piperidine rings is 1. The van der Waals surface area contributed by atoms with E-state index in [0.29, 0.717) is 24.4 Å². The van der Waals surface area contributed by atoms with Crippen LogP contribution in [0.1, 0.15) is 36.0 Å². The van der Waals surface area contributed by atoms with Gasteiger partial charge in [-0.1, -0.05) is 0 Å². The van der Waals surface area contributed by atoms with Crippen molar-refractivity contribution in [3.05, 3.63) is 34.6 Å². The average molecular weight is 410 g/mol. The van der Waals surface area contributed by atoms with Gasteiger partial charge in [0.05, 0.1) is 11.1 Å². The molecule has 2 heterocycles. The van der Waals surface area contributed by atoms with E-state index in [0.717, 1.165) is 49.9 Å². The molecule has 1 aromatic heterocycles. The number of benzene rings is 1. The number of anilines is 1. The van der Waals surface area contributed by atoms with Crippen LogP contribution in [0.3, 0.4) is 0 Å². The monoisotopic (exact) mass is 410 g/mol. The molecule has 2 aromatic rings. The van der Waals surface area contributed by atoms with E-state index in [1.807, 2.05) is 0 Å². The number of fused-ring (bicyclic) bond motifs is 1. The number of rotatable bonds is 3. The van der Waals surface area contributed by atoms with E-state index in [1.54, 1.807) is 0 Å². The molecule has 0 amide bonds. The van der Waals surface area contributed by atoms with Gasteiger partial charge in [-0.05, 0) is 63.4 Å². The Labute approximate surface area is 165 Å². The van der Waals surface area contributed by atoms with Gasteiger partial charge in [0.1, 0.15) is 17.3 Å². The van der Waals surface area contributed by atoms with Crippen LogP contribution in [-0.4, -0.2) is 46.4 Å². The van der Waals surface area contributed by atoms with Gasteiger partial charge in [0, 0.05) is 18.2 Å². The van der Waals surface area contributed by atoms with Gasteiger partial charge in [0.15, 0.2) is 5.82 Å². The molecular formula is C20H22F4N4O. The fourth-order valence-electron chi connectivity index (χ4n) is 4.27. The van der Waals surface area contributed by atoms with Crippen molar-refractivity contribution in [2.45, 2.75) is 44.3 Å². The fourth-order valence-corrected chi connectivity index (χ4v) is 4.27. The van der Waals surface area contributed by atoms with Crippen molar-refractivity contribution in [3.63, 3.8) is 0 Å². The van der Waals surface area contributed by atoms with Gasteiger partial charge in [0.2, 0.25) is 0 Å². The summed E-state index contributed by atoms with van der Waals surface area (Å²) in [6, 6.07) is 1.16. The van der Waals surface area contributed by atoms with Crippen molar-refractivity contribution in [3.8, 4) is 17.0 Å². The lowest BCUT2D eigenvalue weighted by Crippen LogP contribution is -2.40. The topological polar surface area (TPSA) is 61.3 Å². The Bertz CT molecular complexity index is 908. The SMILES string of the molecule is CN1CCC[C@@H](Nc2nnc(-c3c(O)cc(C(F)(F)F)cc3F)c3c2CCC3)C1. The van der Waals surface area contributed by atoms with Crippen LogP contribution in [-0.2, 0) is 19.0 Å². The molecule has 9 heteroatoms. The van der Waals surface area contributed by atoms with E-state index in [4.69, 9.17) is 0 Å². The first kappa shape index (κ1) is 19.9. The molecule has 0 unspecified atom stereocenters. The first-order valence-electron chi connectivity index (χ1n) is 9.67. The van der Waals surface area contributed by atoms with E-state index >= 15 is 0 Å². The highest BCUT2D eigenvalue weighted by Crippen LogP contribution is 2.41. The number of alkyl halides is 3. The Kier molecular flexibility index (Phi) is 5.10. The molecule has 1 saturated heterocycles. The molecule has 1 atom stereocenters. The van der Waals surface area contributed by atoms with Crippen LogP contribution in [0, 0.1) is 5.82 Å². The lowest BCUT2D eigenvalue weighted by atomic mass is 10.00. The maximum atomic E-state index is 14.6. The minimum atomic E-state index is -4.74. The van der Waals surface area contributed by atoms with Gasteiger partial charge in [-0.25, -0.2) is 4.39 Å². The van der Waals surface area contributed by atoms with Crippen LogP contribution in [0.15, 0.2) is 12.1 Å². The third-order valence-electron chi connectivity index (χ3n) is 5.64. The molecule has 0 saturated carbocycles. The Balaban J connectivity index is 1.71. The molecule has 2 N–H and O–H groups in total. The van der Waals surface area contributed by atoms with Crippen molar-refractivity contribution < 1.29 is 22.7 Å². The molecule has 4 rings (SSSR count). The summed E-state index contributed by atoms with van der Waals surface area (Å²) in [4.78, 5) is 2.23. The second-order valence-corrected chi connectivity index (χ2v) is 7.80. The Hall–Kier alpha value is -2.42. The summed E-state index contributed by atoms with van der Waals surface area (Å²) in [6.07, 6.45) is -0.502. The van der Waals surface area contributed by atoms with E-state index in [9.17, 15) is 22.7 Å². The smallest absolute Gasteiger partial charge is 0.416 e. The minimum absolute atomic E-state index is 0.118. The second-order valence-electron chi connectivity index (χ2n) is 7.80. The second kappa shape index (κ2) is 7.44. The predicted octanol–water partition coefficient (Wildman–Crippen LogP) is 4.00. The van der Waals surface area contributed by atoms with Crippen LogP contribution in [0.2, 0.25) is 0 Å². The first-order chi connectivity index (χ1) is 13.7. The normalized spacial score (nSPS) is 20.0. The zero-order valence-electron chi connectivity index (χ0n) is 16.0. The summed E-state index contributed by atoms with van der Waals surface area (Å²) in [5.41, 5.74) is 0.197. The summed E-state index contributed by atoms with van der Waals surface area (Å²) < 4.78 is 53.2. The zero-order chi connectivity index (χ0) is 20.8. The quantitative estimate of drug-likeness (QED) is 0.749. The highest BCUT2D eigenvalue weighted by atomic mass is 19.4. The maximum Gasteiger partial charge on any atom is 0.416 e. The van der Waals surface area contributed by atoms with E-state index in [2.05, 4.69) is 27.5 Å². The average Bonchev–Trinajstić information content (AvgIpc) is 3.12. The van der Waals surface area contributed by atoms with Crippen molar-refractivity contribution >= 4 is 5.82 Å². The molecule has 29 heavy (non-hydrogen) atoms. The molecule has 5 nitrogen and oxygen atoms in total. The van der Waals surface area contributed by atoms with Crippen LogP contribution < -0.4 is 5.32 Å². The highest BCUT2D eigenvalue weighted by Gasteiger charge is 2.34. The van der Waals surface area contributed by atoms with E-state index in [-0.39, 0.29) is 17.3 Å². The molecule has 1 fully saturated rings. The van der Waals surface area contributed by atoms with Gasteiger partial charge in [-0.15, -0.1) is 10.2 Å². The zero-order valence-corrected chi connectivity index (χ0v) is 16.0. The van der Waals surface area contributed by atoms with Crippen LogP contribution in [0.4, 0.5) is 23.4 Å². The molecule has 2 aliphatic rings.